The van der Waals surface area contributed by atoms with Crippen molar-refractivity contribution >= 4 is 21.8 Å². The summed E-state index contributed by atoms with van der Waals surface area (Å²) in [7, 11) is -3.27. The van der Waals surface area contributed by atoms with Crippen LogP contribution in [0.5, 0.6) is 0 Å². The molecular weight excluding hydrogens is 272 g/mol. The highest BCUT2D eigenvalue weighted by molar-refractivity contribution is 7.92. The van der Waals surface area contributed by atoms with Crippen LogP contribution in [0.2, 0.25) is 0 Å². The number of sulfone groups is 1. The van der Waals surface area contributed by atoms with E-state index in [9.17, 15) is 18.0 Å². The molecule has 0 aromatic rings. The van der Waals surface area contributed by atoms with Gasteiger partial charge in [-0.3, -0.25) is 4.79 Å². The largest absolute Gasteiger partial charge is 0.481 e. The third-order valence-corrected chi connectivity index (χ3v) is 4.96. The van der Waals surface area contributed by atoms with E-state index in [0.29, 0.717) is 0 Å². The average molecular weight is 294 g/mol. The lowest BCUT2D eigenvalue weighted by atomic mass is 10.1. The normalized spacial score (nSPS) is 13.7. The molecule has 1 atom stereocenters. The lowest BCUT2D eigenvalue weighted by molar-refractivity contribution is -0.137. The van der Waals surface area contributed by atoms with Gasteiger partial charge >= 0.3 is 12.0 Å². The van der Waals surface area contributed by atoms with Crippen LogP contribution < -0.4 is 10.6 Å². The fourth-order valence-electron chi connectivity index (χ4n) is 1.12. The third-order valence-electron chi connectivity index (χ3n) is 2.81. The van der Waals surface area contributed by atoms with Gasteiger partial charge in [-0.1, -0.05) is 6.92 Å². The van der Waals surface area contributed by atoms with Crippen molar-refractivity contribution in [3.8, 4) is 0 Å². The highest BCUT2D eigenvalue weighted by Crippen LogP contribution is 2.13. The first kappa shape index (κ1) is 17.7. The summed E-state index contributed by atoms with van der Waals surface area (Å²) >= 11 is 0. The molecule has 0 aliphatic carbocycles. The van der Waals surface area contributed by atoms with E-state index in [1.807, 2.05) is 0 Å². The van der Waals surface area contributed by atoms with Crippen LogP contribution in [-0.2, 0) is 14.6 Å². The number of hydrogen-bond acceptors (Lipinski definition) is 4. The van der Waals surface area contributed by atoms with E-state index in [1.165, 1.54) is 13.8 Å². The zero-order valence-corrected chi connectivity index (χ0v) is 12.5. The van der Waals surface area contributed by atoms with Gasteiger partial charge in [-0.05, 0) is 19.8 Å². The number of urea groups is 1. The molecule has 0 aromatic carbocycles. The Balaban J connectivity index is 4.11. The molecule has 1 unspecified atom stereocenters. The fraction of sp³-hybridized carbons (Fsp3) is 0.818. The van der Waals surface area contributed by atoms with Crippen LogP contribution in [-0.4, -0.2) is 49.6 Å². The molecule has 8 heteroatoms. The van der Waals surface area contributed by atoms with Crippen molar-refractivity contribution in [3.05, 3.63) is 0 Å². The fourth-order valence-corrected chi connectivity index (χ4v) is 1.46. The molecular formula is C11H22N2O5S. The lowest BCUT2D eigenvalue weighted by Crippen LogP contribution is -2.47. The Hall–Kier alpha value is -1.31. The first-order chi connectivity index (χ1) is 8.45. The molecule has 0 radical (unpaired) electrons. The van der Waals surface area contributed by atoms with Gasteiger partial charge in [0.05, 0.1) is 4.75 Å². The van der Waals surface area contributed by atoms with Gasteiger partial charge in [0.15, 0.2) is 9.84 Å². The second-order valence-electron chi connectivity index (χ2n) is 5.30. The van der Waals surface area contributed by atoms with Crippen LogP contribution in [0.3, 0.4) is 0 Å². The van der Waals surface area contributed by atoms with Crippen LogP contribution >= 0.6 is 0 Å². The maximum absolute atomic E-state index is 11.4. The third kappa shape index (κ3) is 7.00. The Morgan fingerprint density at radius 3 is 2.21 bits per heavy atom. The van der Waals surface area contributed by atoms with Crippen molar-refractivity contribution in [1.29, 1.82) is 0 Å². The molecule has 3 N–H and O–H groups in total. The van der Waals surface area contributed by atoms with Crippen molar-refractivity contribution < 1.29 is 23.1 Å². The molecule has 0 fully saturated rings. The highest BCUT2D eigenvalue weighted by Gasteiger charge is 2.30. The van der Waals surface area contributed by atoms with Crippen molar-refractivity contribution in [2.24, 2.45) is 5.92 Å². The van der Waals surface area contributed by atoms with E-state index in [4.69, 9.17) is 5.11 Å². The van der Waals surface area contributed by atoms with Crippen LogP contribution in [0.15, 0.2) is 0 Å². The number of carbonyl (C=O) groups is 2. The molecule has 0 saturated heterocycles. The monoisotopic (exact) mass is 294 g/mol. The first-order valence-electron chi connectivity index (χ1n) is 5.89. The summed E-state index contributed by atoms with van der Waals surface area (Å²) in [5.74, 6) is -1.11. The Morgan fingerprint density at radius 2 is 1.79 bits per heavy atom. The Labute approximate surface area is 113 Å². The molecule has 19 heavy (non-hydrogen) atoms. The zero-order valence-electron chi connectivity index (χ0n) is 11.7. The molecule has 0 spiro atoms. The number of hydrogen-bond donors (Lipinski definition) is 3. The Bertz CT molecular complexity index is 430. The Morgan fingerprint density at radius 1 is 1.26 bits per heavy atom. The minimum Gasteiger partial charge on any atom is -0.481 e. The molecule has 0 aliphatic heterocycles. The summed E-state index contributed by atoms with van der Waals surface area (Å²) in [6.07, 6.45) is 1.08. The molecule has 0 bridgehead atoms. The summed E-state index contributed by atoms with van der Waals surface area (Å²) in [4.78, 5) is 21.9. The van der Waals surface area contributed by atoms with Gasteiger partial charge in [-0.25, -0.2) is 13.2 Å². The highest BCUT2D eigenvalue weighted by atomic mass is 32.2. The maximum atomic E-state index is 11.4. The minimum atomic E-state index is -3.27. The van der Waals surface area contributed by atoms with Crippen LogP contribution in [0, 0.1) is 5.92 Å². The van der Waals surface area contributed by atoms with Gasteiger partial charge in [0.1, 0.15) is 0 Å². The van der Waals surface area contributed by atoms with E-state index < -0.39 is 26.6 Å². The van der Waals surface area contributed by atoms with Crippen molar-refractivity contribution in [1.82, 2.24) is 10.6 Å². The molecule has 0 heterocycles. The van der Waals surface area contributed by atoms with Crippen molar-refractivity contribution in [2.45, 2.75) is 31.9 Å². The summed E-state index contributed by atoms with van der Waals surface area (Å²) < 4.78 is 21.8. The second-order valence-corrected chi connectivity index (χ2v) is 7.95. The average Bonchev–Trinajstić information content (AvgIpc) is 2.21. The van der Waals surface area contributed by atoms with Gasteiger partial charge in [-0.15, -0.1) is 0 Å². The van der Waals surface area contributed by atoms with E-state index in [2.05, 4.69) is 10.6 Å². The summed E-state index contributed by atoms with van der Waals surface area (Å²) in [5.41, 5.74) is 0. The van der Waals surface area contributed by atoms with E-state index in [-0.39, 0.29) is 25.4 Å². The number of carboxylic acids is 1. The quantitative estimate of drug-likeness (QED) is 0.621. The van der Waals surface area contributed by atoms with E-state index >= 15 is 0 Å². The molecule has 0 aliphatic rings. The zero-order chi connectivity index (χ0) is 15.3. The number of aliphatic carboxylic acids is 1. The lowest BCUT2D eigenvalue weighted by Gasteiger charge is -2.23. The number of nitrogens with one attached hydrogen (secondary N) is 2. The summed E-state index contributed by atoms with van der Waals surface area (Å²) in [6.45, 7) is 4.96. The molecule has 2 amide bonds. The summed E-state index contributed by atoms with van der Waals surface area (Å²) in [6, 6.07) is -0.506. The number of amides is 2. The molecule has 0 rings (SSSR count). The standard InChI is InChI=1S/C11H22N2O5S/c1-8(5-9(14)15)6-12-10(16)13-7-11(2,3)19(4,17)18/h8H,5-7H2,1-4H3,(H,14,15)(H2,12,13,16). The maximum Gasteiger partial charge on any atom is 0.314 e. The van der Waals surface area contributed by atoms with Crippen LogP contribution in [0.4, 0.5) is 4.79 Å². The molecule has 112 valence electrons. The SMILES string of the molecule is CC(CNC(=O)NCC(C)(C)S(C)(=O)=O)CC(=O)O. The number of rotatable bonds is 7. The molecule has 7 nitrogen and oxygen atoms in total. The van der Waals surface area contributed by atoms with Crippen LogP contribution in [0.25, 0.3) is 0 Å². The van der Waals surface area contributed by atoms with Gasteiger partial charge in [0, 0.05) is 25.8 Å². The van der Waals surface area contributed by atoms with Gasteiger partial charge in [0.2, 0.25) is 0 Å². The topological polar surface area (TPSA) is 113 Å². The van der Waals surface area contributed by atoms with E-state index in [0.717, 1.165) is 6.26 Å². The van der Waals surface area contributed by atoms with Crippen molar-refractivity contribution in [3.63, 3.8) is 0 Å². The predicted molar refractivity (Wildman–Crippen MR) is 71.7 cm³/mol. The van der Waals surface area contributed by atoms with E-state index in [1.54, 1.807) is 6.92 Å². The van der Waals surface area contributed by atoms with Gasteiger partial charge in [-0.2, -0.15) is 0 Å². The Kier molecular flexibility index (Phi) is 6.28. The van der Waals surface area contributed by atoms with Gasteiger partial charge < -0.3 is 15.7 Å². The first-order valence-corrected chi connectivity index (χ1v) is 7.78. The minimum absolute atomic E-state index is 0.00895. The smallest absolute Gasteiger partial charge is 0.314 e. The predicted octanol–water partition coefficient (Wildman–Crippen LogP) is 0.220. The molecule has 0 saturated carbocycles. The number of carboxylic acid groups (broad SMARTS) is 1. The summed E-state index contributed by atoms with van der Waals surface area (Å²) in [5, 5.41) is 13.5. The van der Waals surface area contributed by atoms with Crippen molar-refractivity contribution in [2.75, 3.05) is 19.3 Å². The number of carbonyl (C=O) groups excluding carboxylic acids is 1. The van der Waals surface area contributed by atoms with Gasteiger partial charge in [0.25, 0.3) is 0 Å². The second kappa shape index (κ2) is 6.74. The van der Waals surface area contributed by atoms with Crippen LogP contribution in [0.1, 0.15) is 27.2 Å². The molecule has 0 aromatic heterocycles.